The lowest BCUT2D eigenvalue weighted by molar-refractivity contribution is 0.0526. The Morgan fingerprint density at radius 3 is 2.60 bits per heavy atom. The van der Waals surface area contributed by atoms with E-state index in [-0.39, 0.29) is 11.6 Å². The van der Waals surface area contributed by atoms with Crippen LogP contribution in [-0.2, 0) is 4.74 Å². The van der Waals surface area contributed by atoms with Crippen molar-refractivity contribution in [3.63, 3.8) is 0 Å². The minimum absolute atomic E-state index is 0.321. The number of esters is 1. The van der Waals surface area contributed by atoms with Crippen LogP contribution in [0, 0.1) is 0 Å². The fourth-order valence-corrected chi connectivity index (χ4v) is 2.22. The molecule has 0 radical (unpaired) electrons. The normalized spacial score (nSPS) is 10.8. The molecule has 0 bridgehead atoms. The molecular weight excluding hydrogens is 256 g/mol. The lowest BCUT2D eigenvalue weighted by Crippen LogP contribution is -2.05. The SMILES string of the molecule is CCOC(=O)c1ccc2oc(=O)c3ccccc3c2c1. The number of hydrogen-bond acceptors (Lipinski definition) is 4. The third kappa shape index (κ3) is 1.95. The van der Waals surface area contributed by atoms with Gasteiger partial charge in [-0.2, -0.15) is 0 Å². The van der Waals surface area contributed by atoms with E-state index >= 15 is 0 Å². The summed E-state index contributed by atoms with van der Waals surface area (Å²) < 4.78 is 10.2. The second-order valence-corrected chi connectivity index (χ2v) is 4.37. The van der Waals surface area contributed by atoms with Crippen LogP contribution >= 0.6 is 0 Å². The summed E-state index contributed by atoms with van der Waals surface area (Å²) >= 11 is 0. The van der Waals surface area contributed by atoms with Gasteiger partial charge in [-0.15, -0.1) is 0 Å². The van der Waals surface area contributed by atoms with Crippen LogP contribution in [0.4, 0.5) is 0 Å². The summed E-state index contributed by atoms with van der Waals surface area (Å²) in [5, 5.41) is 2.00. The van der Waals surface area contributed by atoms with E-state index in [1.807, 2.05) is 12.1 Å². The summed E-state index contributed by atoms with van der Waals surface area (Å²) in [5.41, 5.74) is 0.525. The first-order valence-corrected chi connectivity index (χ1v) is 6.33. The number of carbonyl (C=O) groups is 1. The molecule has 0 saturated carbocycles. The number of benzene rings is 2. The Balaban J connectivity index is 2.33. The Morgan fingerprint density at radius 1 is 1.10 bits per heavy atom. The van der Waals surface area contributed by atoms with Gasteiger partial charge in [-0.05, 0) is 36.6 Å². The van der Waals surface area contributed by atoms with Crippen molar-refractivity contribution in [3.8, 4) is 0 Å². The van der Waals surface area contributed by atoms with Gasteiger partial charge in [0.2, 0.25) is 0 Å². The molecule has 0 aliphatic rings. The van der Waals surface area contributed by atoms with Gasteiger partial charge in [0.1, 0.15) is 5.58 Å². The Kier molecular flexibility index (Phi) is 2.99. The highest BCUT2D eigenvalue weighted by Crippen LogP contribution is 2.24. The van der Waals surface area contributed by atoms with Gasteiger partial charge in [0.05, 0.1) is 17.6 Å². The third-order valence-electron chi connectivity index (χ3n) is 3.13. The number of rotatable bonds is 2. The molecule has 0 atom stereocenters. The molecule has 0 spiro atoms. The Labute approximate surface area is 114 Å². The first kappa shape index (κ1) is 12.4. The minimum Gasteiger partial charge on any atom is -0.462 e. The topological polar surface area (TPSA) is 56.5 Å². The fourth-order valence-electron chi connectivity index (χ4n) is 2.22. The maximum atomic E-state index is 11.9. The molecule has 1 aromatic heterocycles. The van der Waals surface area contributed by atoms with Crippen LogP contribution in [0.25, 0.3) is 21.7 Å². The first-order valence-electron chi connectivity index (χ1n) is 6.33. The highest BCUT2D eigenvalue weighted by Gasteiger charge is 2.11. The van der Waals surface area contributed by atoms with Gasteiger partial charge in [0, 0.05) is 5.39 Å². The van der Waals surface area contributed by atoms with E-state index in [1.54, 1.807) is 37.3 Å². The molecule has 0 aliphatic heterocycles. The van der Waals surface area contributed by atoms with Crippen LogP contribution in [0.2, 0.25) is 0 Å². The van der Waals surface area contributed by atoms with Crippen molar-refractivity contribution in [2.75, 3.05) is 6.61 Å². The molecule has 4 nitrogen and oxygen atoms in total. The van der Waals surface area contributed by atoms with Gasteiger partial charge in [-0.1, -0.05) is 18.2 Å². The molecule has 4 heteroatoms. The van der Waals surface area contributed by atoms with Crippen LogP contribution in [0.3, 0.4) is 0 Å². The van der Waals surface area contributed by atoms with Gasteiger partial charge < -0.3 is 9.15 Å². The number of carbonyl (C=O) groups excluding carboxylic acids is 1. The van der Waals surface area contributed by atoms with Crippen molar-refractivity contribution in [1.82, 2.24) is 0 Å². The molecule has 0 saturated heterocycles. The van der Waals surface area contributed by atoms with Gasteiger partial charge in [0.25, 0.3) is 0 Å². The predicted octanol–water partition coefficient (Wildman–Crippen LogP) is 3.12. The number of fused-ring (bicyclic) bond motifs is 3. The average molecular weight is 268 g/mol. The summed E-state index contributed by atoms with van der Waals surface area (Å²) in [5.74, 6) is -0.385. The van der Waals surface area contributed by atoms with E-state index in [0.29, 0.717) is 23.1 Å². The van der Waals surface area contributed by atoms with E-state index in [9.17, 15) is 9.59 Å². The highest BCUT2D eigenvalue weighted by molar-refractivity contribution is 6.06. The van der Waals surface area contributed by atoms with Crippen LogP contribution < -0.4 is 5.63 Å². The van der Waals surface area contributed by atoms with Gasteiger partial charge in [-0.25, -0.2) is 9.59 Å². The van der Waals surface area contributed by atoms with Crippen molar-refractivity contribution < 1.29 is 13.9 Å². The average Bonchev–Trinajstić information content (AvgIpc) is 2.47. The van der Waals surface area contributed by atoms with Crippen LogP contribution in [-0.4, -0.2) is 12.6 Å². The molecule has 0 fully saturated rings. The largest absolute Gasteiger partial charge is 0.462 e. The Hall–Kier alpha value is -2.62. The van der Waals surface area contributed by atoms with E-state index in [4.69, 9.17) is 9.15 Å². The zero-order chi connectivity index (χ0) is 14.1. The summed E-state index contributed by atoms with van der Waals surface area (Å²) in [6.45, 7) is 2.08. The zero-order valence-corrected chi connectivity index (χ0v) is 10.9. The standard InChI is InChI=1S/C16H12O4/c1-2-19-15(17)10-7-8-14-13(9-10)11-5-3-4-6-12(11)16(18)20-14/h3-9H,2H2,1H3. The number of ether oxygens (including phenoxy) is 1. The lowest BCUT2D eigenvalue weighted by atomic mass is 10.1. The smallest absolute Gasteiger partial charge is 0.344 e. The van der Waals surface area contributed by atoms with Gasteiger partial charge in [0.15, 0.2) is 0 Å². The van der Waals surface area contributed by atoms with E-state index in [2.05, 4.69) is 0 Å². The molecule has 100 valence electrons. The van der Waals surface area contributed by atoms with E-state index < -0.39 is 0 Å². The molecule has 20 heavy (non-hydrogen) atoms. The zero-order valence-electron chi connectivity index (χ0n) is 10.9. The molecular formula is C16H12O4. The molecule has 3 aromatic rings. The van der Waals surface area contributed by atoms with Crippen molar-refractivity contribution >= 4 is 27.7 Å². The molecule has 3 rings (SSSR count). The predicted molar refractivity (Wildman–Crippen MR) is 75.9 cm³/mol. The third-order valence-corrected chi connectivity index (χ3v) is 3.13. The quantitative estimate of drug-likeness (QED) is 0.407. The molecule has 1 heterocycles. The summed E-state index contributed by atoms with van der Waals surface area (Å²) in [6.07, 6.45) is 0. The van der Waals surface area contributed by atoms with Gasteiger partial charge >= 0.3 is 11.6 Å². The van der Waals surface area contributed by atoms with E-state index in [1.165, 1.54) is 0 Å². The highest BCUT2D eigenvalue weighted by atomic mass is 16.5. The summed E-state index contributed by atoms with van der Waals surface area (Å²) in [6, 6.07) is 12.1. The van der Waals surface area contributed by atoms with Crippen molar-refractivity contribution in [3.05, 3.63) is 58.4 Å². The minimum atomic E-state index is -0.385. The summed E-state index contributed by atoms with van der Waals surface area (Å²) in [7, 11) is 0. The van der Waals surface area contributed by atoms with Crippen LogP contribution in [0.5, 0.6) is 0 Å². The molecule has 2 aromatic carbocycles. The Morgan fingerprint density at radius 2 is 1.85 bits per heavy atom. The number of hydrogen-bond donors (Lipinski definition) is 0. The lowest BCUT2D eigenvalue weighted by Gasteiger charge is -2.05. The molecule has 0 N–H and O–H groups in total. The monoisotopic (exact) mass is 268 g/mol. The van der Waals surface area contributed by atoms with E-state index in [0.717, 1.165) is 10.8 Å². The van der Waals surface area contributed by atoms with Gasteiger partial charge in [-0.3, -0.25) is 0 Å². The van der Waals surface area contributed by atoms with Crippen LogP contribution in [0.15, 0.2) is 51.7 Å². The fraction of sp³-hybridized carbons (Fsp3) is 0.125. The maximum Gasteiger partial charge on any atom is 0.344 e. The van der Waals surface area contributed by atoms with Crippen molar-refractivity contribution in [2.45, 2.75) is 6.92 Å². The molecule has 0 unspecified atom stereocenters. The Bertz CT molecular complexity index is 861. The molecule has 0 amide bonds. The van der Waals surface area contributed by atoms with Crippen LogP contribution in [0.1, 0.15) is 17.3 Å². The first-order chi connectivity index (χ1) is 9.70. The van der Waals surface area contributed by atoms with Crippen molar-refractivity contribution in [2.24, 2.45) is 0 Å². The van der Waals surface area contributed by atoms with Crippen molar-refractivity contribution in [1.29, 1.82) is 0 Å². The second-order valence-electron chi connectivity index (χ2n) is 4.37. The molecule has 0 aliphatic carbocycles. The second kappa shape index (κ2) is 4.81. The summed E-state index contributed by atoms with van der Waals surface area (Å²) in [4.78, 5) is 23.6. The maximum absolute atomic E-state index is 11.9.